The van der Waals surface area contributed by atoms with E-state index in [4.69, 9.17) is 22.7 Å². The molecule has 31 heavy (non-hydrogen) atoms. The Bertz CT molecular complexity index is 1140. The van der Waals surface area contributed by atoms with Crippen LogP contribution in [0.2, 0.25) is 5.02 Å². The van der Waals surface area contributed by atoms with Gasteiger partial charge in [-0.3, -0.25) is 0 Å². The van der Waals surface area contributed by atoms with Gasteiger partial charge in [0, 0.05) is 45.8 Å². The van der Waals surface area contributed by atoms with Crippen LogP contribution in [0.1, 0.15) is 24.5 Å². The first-order valence-corrected chi connectivity index (χ1v) is 11.2. The quantitative estimate of drug-likeness (QED) is 0.393. The number of hydrogen-bond acceptors (Lipinski definition) is 4. The van der Waals surface area contributed by atoms with Crippen LogP contribution in [-0.4, -0.2) is 20.7 Å². The van der Waals surface area contributed by atoms with Crippen LogP contribution in [0, 0.1) is 17.0 Å². The molecular weight excluding hydrogens is 442 g/mol. The summed E-state index contributed by atoms with van der Waals surface area (Å²) < 4.78 is 43.7. The van der Waals surface area contributed by atoms with Gasteiger partial charge in [-0.05, 0) is 42.3 Å². The Labute approximate surface area is 186 Å². The summed E-state index contributed by atoms with van der Waals surface area (Å²) in [6, 6.07) is 11.0. The molecule has 3 aromatic rings. The van der Waals surface area contributed by atoms with E-state index in [9.17, 15) is 13.0 Å². The van der Waals surface area contributed by atoms with Crippen molar-refractivity contribution in [3.63, 3.8) is 0 Å². The molecule has 5 nitrogen and oxygen atoms in total. The maximum Gasteiger partial charge on any atom is 0.153 e. The Kier molecular flexibility index (Phi) is 7.35. The fourth-order valence-electron chi connectivity index (χ4n) is 2.99. The van der Waals surface area contributed by atoms with Gasteiger partial charge in [-0.1, -0.05) is 30.7 Å². The van der Waals surface area contributed by atoms with Crippen LogP contribution in [0.25, 0.3) is 11.1 Å². The summed E-state index contributed by atoms with van der Waals surface area (Å²) in [5.41, 5.74) is 7.25. The van der Waals surface area contributed by atoms with Crippen LogP contribution in [0.15, 0.2) is 48.7 Å². The van der Waals surface area contributed by atoms with E-state index in [1.54, 1.807) is 36.5 Å². The maximum absolute atomic E-state index is 14.9. The SMILES string of the molecule is CCCS(=O)Nc1ccc(F)c(CC(=N)c2cc(-c3ccc(Cl)cc3)cnc2N)c1F. The summed E-state index contributed by atoms with van der Waals surface area (Å²) in [6.45, 7) is 1.85. The average Bonchev–Trinajstić information content (AvgIpc) is 2.74. The van der Waals surface area contributed by atoms with Gasteiger partial charge in [-0.15, -0.1) is 0 Å². The van der Waals surface area contributed by atoms with Crippen molar-refractivity contribution in [1.82, 2.24) is 4.98 Å². The van der Waals surface area contributed by atoms with Gasteiger partial charge in [-0.25, -0.2) is 18.0 Å². The first kappa shape index (κ1) is 22.8. The number of halogens is 3. The fraction of sp³-hybridized carbons (Fsp3) is 0.182. The smallest absolute Gasteiger partial charge is 0.153 e. The lowest BCUT2D eigenvalue weighted by molar-refractivity contribution is 0.567. The number of pyridine rings is 1. The molecular formula is C22H21ClF2N4OS. The molecule has 1 aromatic heterocycles. The number of hydrogen-bond donors (Lipinski definition) is 3. The second-order valence-electron chi connectivity index (χ2n) is 6.86. The number of benzene rings is 2. The van der Waals surface area contributed by atoms with E-state index in [0.717, 1.165) is 11.6 Å². The maximum atomic E-state index is 14.9. The summed E-state index contributed by atoms with van der Waals surface area (Å²) in [5, 5.41) is 9.00. The zero-order valence-electron chi connectivity index (χ0n) is 16.7. The molecule has 9 heteroatoms. The molecule has 0 aliphatic carbocycles. The minimum absolute atomic E-state index is 0.0722. The molecule has 0 saturated heterocycles. The van der Waals surface area contributed by atoms with Crippen LogP contribution < -0.4 is 10.5 Å². The summed E-state index contributed by atoms with van der Waals surface area (Å²) in [4.78, 5) is 4.13. The van der Waals surface area contributed by atoms with Crippen LogP contribution in [-0.2, 0) is 17.4 Å². The summed E-state index contributed by atoms with van der Waals surface area (Å²) in [5.74, 6) is -1.26. The van der Waals surface area contributed by atoms with E-state index < -0.39 is 22.6 Å². The Hall–Kier alpha value is -2.84. The van der Waals surface area contributed by atoms with E-state index >= 15 is 0 Å². The molecule has 1 atom stereocenters. The second kappa shape index (κ2) is 9.98. The molecule has 0 radical (unpaired) electrons. The third-order valence-corrected chi connectivity index (χ3v) is 6.05. The highest BCUT2D eigenvalue weighted by Gasteiger charge is 2.19. The molecule has 0 saturated carbocycles. The minimum atomic E-state index is -1.48. The molecule has 2 aromatic carbocycles. The van der Waals surface area contributed by atoms with Gasteiger partial charge in [0.1, 0.15) is 22.6 Å². The number of nitrogens with zero attached hydrogens (tertiary/aromatic N) is 1. The predicted octanol–water partition coefficient (Wildman–Crippen LogP) is 5.36. The van der Waals surface area contributed by atoms with Crippen LogP contribution in [0.4, 0.5) is 20.3 Å². The van der Waals surface area contributed by atoms with Gasteiger partial charge in [0.05, 0.1) is 5.69 Å². The second-order valence-corrected chi connectivity index (χ2v) is 8.60. The molecule has 0 fully saturated rings. The van der Waals surface area contributed by atoms with Crippen molar-refractivity contribution in [3.05, 3.63) is 76.4 Å². The number of nitrogens with two attached hydrogens (primary N) is 1. The largest absolute Gasteiger partial charge is 0.383 e. The molecule has 1 heterocycles. The molecule has 1 unspecified atom stereocenters. The Morgan fingerprint density at radius 2 is 1.90 bits per heavy atom. The molecule has 162 valence electrons. The standard InChI is InChI=1S/C22H21ClF2N4OS/c1-2-9-31(30)29-20-8-7-18(24)16(21(20)25)11-19(26)17-10-14(12-28-22(17)27)13-3-5-15(23)6-4-13/h3-8,10,12,26,29H,2,9,11H2,1H3,(H2,27,28). The van der Waals surface area contributed by atoms with Gasteiger partial charge in [0.25, 0.3) is 0 Å². The number of nitrogen functional groups attached to an aromatic ring is 1. The van der Waals surface area contributed by atoms with Crippen LogP contribution >= 0.6 is 11.6 Å². The van der Waals surface area contributed by atoms with E-state index in [1.807, 2.05) is 6.92 Å². The van der Waals surface area contributed by atoms with Gasteiger partial charge in [-0.2, -0.15) is 0 Å². The number of nitrogens with one attached hydrogen (secondary N) is 2. The van der Waals surface area contributed by atoms with Crippen molar-refractivity contribution in [3.8, 4) is 11.1 Å². The van der Waals surface area contributed by atoms with E-state index in [0.29, 0.717) is 22.8 Å². The highest BCUT2D eigenvalue weighted by atomic mass is 35.5. The summed E-state index contributed by atoms with van der Waals surface area (Å²) in [6.07, 6.45) is 1.86. The van der Waals surface area contributed by atoms with Crippen molar-refractivity contribution in [2.24, 2.45) is 0 Å². The normalized spacial score (nSPS) is 11.9. The lowest BCUT2D eigenvalue weighted by atomic mass is 9.98. The Morgan fingerprint density at radius 3 is 2.58 bits per heavy atom. The van der Waals surface area contributed by atoms with Gasteiger partial charge in [0.15, 0.2) is 5.82 Å². The Balaban J connectivity index is 1.90. The van der Waals surface area contributed by atoms with E-state index in [-0.39, 0.29) is 34.8 Å². The van der Waals surface area contributed by atoms with E-state index in [1.165, 1.54) is 6.07 Å². The van der Waals surface area contributed by atoms with Crippen LogP contribution in [0.5, 0.6) is 0 Å². The van der Waals surface area contributed by atoms with Crippen molar-refractivity contribution in [1.29, 1.82) is 5.41 Å². The van der Waals surface area contributed by atoms with Crippen molar-refractivity contribution < 1.29 is 13.0 Å². The van der Waals surface area contributed by atoms with Gasteiger partial charge >= 0.3 is 0 Å². The summed E-state index contributed by atoms with van der Waals surface area (Å²) in [7, 11) is -1.48. The predicted molar refractivity (Wildman–Crippen MR) is 123 cm³/mol. The summed E-state index contributed by atoms with van der Waals surface area (Å²) >= 11 is 5.92. The number of anilines is 2. The zero-order chi connectivity index (χ0) is 22.5. The molecule has 0 bridgehead atoms. The average molecular weight is 463 g/mol. The van der Waals surface area contributed by atoms with Crippen LogP contribution in [0.3, 0.4) is 0 Å². The molecule has 0 amide bonds. The number of rotatable bonds is 8. The molecule has 0 aliphatic rings. The highest BCUT2D eigenvalue weighted by Crippen LogP contribution is 2.27. The first-order valence-electron chi connectivity index (χ1n) is 9.51. The van der Waals surface area contributed by atoms with Crippen molar-refractivity contribution in [2.75, 3.05) is 16.2 Å². The van der Waals surface area contributed by atoms with Crippen molar-refractivity contribution in [2.45, 2.75) is 19.8 Å². The molecule has 0 aliphatic heterocycles. The van der Waals surface area contributed by atoms with Gasteiger partial charge < -0.3 is 15.9 Å². The highest BCUT2D eigenvalue weighted by molar-refractivity contribution is 7.86. The Morgan fingerprint density at radius 1 is 1.19 bits per heavy atom. The fourth-order valence-corrected chi connectivity index (χ4v) is 3.99. The third kappa shape index (κ3) is 5.45. The lowest BCUT2D eigenvalue weighted by Gasteiger charge is -2.13. The molecule has 3 rings (SSSR count). The minimum Gasteiger partial charge on any atom is -0.383 e. The molecule has 4 N–H and O–H groups in total. The topological polar surface area (TPSA) is 91.9 Å². The van der Waals surface area contributed by atoms with E-state index in [2.05, 4.69) is 9.71 Å². The molecule has 0 spiro atoms. The first-order chi connectivity index (χ1) is 14.8. The van der Waals surface area contributed by atoms with Gasteiger partial charge in [0.2, 0.25) is 0 Å². The number of aromatic nitrogens is 1. The third-order valence-electron chi connectivity index (χ3n) is 4.57. The monoisotopic (exact) mass is 462 g/mol. The van der Waals surface area contributed by atoms with Crippen molar-refractivity contribution >= 4 is 39.8 Å². The lowest BCUT2D eigenvalue weighted by Crippen LogP contribution is -2.14. The zero-order valence-corrected chi connectivity index (χ0v) is 18.3.